The first kappa shape index (κ1) is 16.9. The highest BCUT2D eigenvalue weighted by Crippen LogP contribution is 2.26. The van der Waals surface area contributed by atoms with E-state index in [1.165, 1.54) is 12.8 Å². The molecule has 1 heterocycles. The molecule has 0 saturated heterocycles. The van der Waals surface area contributed by atoms with Gasteiger partial charge in [0.2, 0.25) is 0 Å². The molecular formula is C16H27N3S. The van der Waals surface area contributed by atoms with Gasteiger partial charge >= 0.3 is 0 Å². The number of aryl methyl sites for hydroxylation is 2. The molecule has 2 N–H and O–H groups in total. The van der Waals surface area contributed by atoms with Gasteiger partial charge in [0.05, 0.1) is 11.3 Å². The van der Waals surface area contributed by atoms with Gasteiger partial charge in [-0.1, -0.05) is 38.9 Å². The van der Waals surface area contributed by atoms with Crippen molar-refractivity contribution >= 4 is 22.9 Å². The Hall–Kier alpha value is -1.16. The molecule has 1 aromatic heterocycles. The molecular weight excluding hydrogens is 266 g/mol. The van der Waals surface area contributed by atoms with Crippen LogP contribution in [0.15, 0.2) is 6.07 Å². The lowest BCUT2D eigenvalue weighted by Crippen LogP contribution is -2.31. The summed E-state index contributed by atoms with van der Waals surface area (Å²) in [5, 5.41) is 0. The zero-order chi connectivity index (χ0) is 15.3. The molecule has 0 aromatic carbocycles. The van der Waals surface area contributed by atoms with Crippen LogP contribution in [0.4, 0.5) is 5.69 Å². The molecule has 0 bridgehead atoms. The Balaban J connectivity index is 3.23. The molecule has 0 aliphatic heterocycles. The summed E-state index contributed by atoms with van der Waals surface area (Å²) < 4.78 is 0. The van der Waals surface area contributed by atoms with Crippen molar-refractivity contribution < 1.29 is 0 Å². The molecule has 0 atom stereocenters. The predicted molar refractivity (Wildman–Crippen MR) is 91.6 cm³/mol. The lowest BCUT2D eigenvalue weighted by atomic mass is 10.0. The molecule has 0 radical (unpaired) electrons. The predicted octanol–water partition coefficient (Wildman–Crippen LogP) is 3.60. The van der Waals surface area contributed by atoms with E-state index in [4.69, 9.17) is 18.0 Å². The highest BCUT2D eigenvalue weighted by atomic mass is 32.1. The van der Waals surface area contributed by atoms with Gasteiger partial charge < -0.3 is 10.6 Å². The van der Waals surface area contributed by atoms with E-state index in [1.807, 2.05) is 13.8 Å². The van der Waals surface area contributed by atoms with Gasteiger partial charge in [0.1, 0.15) is 4.99 Å². The maximum absolute atomic E-state index is 5.92. The van der Waals surface area contributed by atoms with E-state index in [0.29, 0.717) is 10.9 Å². The summed E-state index contributed by atoms with van der Waals surface area (Å²) in [6.45, 7) is 12.7. The molecule has 0 spiro atoms. The molecule has 0 aliphatic rings. The Morgan fingerprint density at radius 3 is 2.35 bits per heavy atom. The van der Waals surface area contributed by atoms with Crippen molar-refractivity contribution in [3.8, 4) is 0 Å². The maximum Gasteiger partial charge on any atom is 0.107 e. The fraction of sp³-hybridized carbons (Fsp3) is 0.625. The van der Waals surface area contributed by atoms with Crippen molar-refractivity contribution in [2.24, 2.45) is 11.7 Å². The van der Waals surface area contributed by atoms with Crippen LogP contribution in [0.1, 0.15) is 50.6 Å². The molecule has 4 heteroatoms. The fourth-order valence-electron chi connectivity index (χ4n) is 2.62. The van der Waals surface area contributed by atoms with Gasteiger partial charge in [-0.2, -0.15) is 0 Å². The SMILES string of the molecule is CCC(CC)CN(CC)c1cc(C)nc(C)c1C(N)=S. The molecule has 1 rings (SSSR count). The van der Waals surface area contributed by atoms with E-state index in [2.05, 4.69) is 36.7 Å². The van der Waals surface area contributed by atoms with Gasteiger partial charge in [0.25, 0.3) is 0 Å². The standard InChI is InChI=1S/C16H27N3S/c1-6-13(7-2)10-19(8-3)14-9-11(4)18-12(5)15(14)16(17)20/h9,13H,6-8,10H2,1-5H3,(H2,17,20). The van der Waals surface area contributed by atoms with Gasteiger partial charge in [-0.3, -0.25) is 4.98 Å². The van der Waals surface area contributed by atoms with Crippen LogP contribution in [0.25, 0.3) is 0 Å². The maximum atomic E-state index is 5.92. The lowest BCUT2D eigenvalue weighted by Gasteiger charge is -2.30. The van der Waals surface area contributed by atoms with Crippen LogP contribution in [0.2, 0.25) is 0 Å². The van der Waals surface area contributed by atoms with Crippen molar-refractivity contribution in [1.82, 2.24) is 4.98 Å². The summed E-state index contributed by atoms with van der Waals surface area (Å²) in [4.78, 5) is 7.32. The average Bonchev–Trinajstić information content (AvgIpc) is 2.38. The molecule has 1 aromatic rings. The third-order valence-corrected chi connectivity index (χ3v) is 4.11. The minimum atomic E-state index is 0.438. The van der Waals surface area contributed by atoms with Crippen molar-refractivity contribution in [3.63, 3.8) is 0 Å². The molecule has 0 amide bonds. The van der Waals surface area contributed by atoms with Gasteiger partial charge in [-0.05, 0) is 32.8 Å². The minimum absolute atomic E-state index is 0.438. The van der Waals surface area contributed by atoms with E-state index in [0.717, 1.165) is 35.7 Å². The van der Waals surface area contributed by atoms with Gasteiger partial charge in [0, 0.05) is 24.5 Å². The number of pyridine rings is 1. The van der Waals surface area contributed by atoms with Crippen LogP contribution < -0.4 is 10.6 Å². The number of hydrogen-bond acceptors (Lipinski definition) is 3. The smallest absolute Gasteiger partial charge is 0.107 e. The lowest BCUT2D eigenvalue weighted by molar-refractivity contribution is 0.486. The molecule has 0 saturated carbocycles. The van der Waals surface area contributed by atoms with Crippen molar-refractivity contribution in [3.05, 3.63) is 23.0 Å². The van der Waals surface area contributed by atoms with Crippen molar-refractivity contribution in [2.45, 2.75) is 47.5 Å². The second-order valence-corrected chi connectivity index (χ2v) is 5.77. The highest BCUT2D eigenvalue weighted by molar-refractivity contribution is 7.80. The monoisotopic (exact) mass is 293 g/mol. The molecule has 112 valence electrons. The zero-order valence-electron chi connectivity index (χ0n) is 13.4. The number of anilines is 1. The summed E-state index contributed by atoms with van der Waals surface area (Å²) in [6, 6.07) is 2.10. The molecule has 0 aliphatic carbocycles. The summed E-state index contributed by atoms with van der Waals surface area (Å²) in [7, 11) is 0. The molecule has 20 heavy (non-hydrogen) atoms. The van der Waals surface area contributed by atoms with Gasteiger partial charge in [-0.15, -0.1) is 0 Å². The van der Waals surface area contributed by atoms with Gasteiger partial charge in [-0.25, -0.2) is 0 Å². The van der Waals surface area contributed by atoms with E-state index in [1.54, 1.807) is 0 Å². The van der Waals surface area contributed by atoms with Crippen LogP contribution in [0.5, 0.6) is 0 Å². The molecule has 0 fully saturated rings. The first-order valence-corrected chi connectivity index (χ1v) is 7.88. The number of aromatic nitrogens is 1. The van der Waals surface area contributed by atoms with Crippen LogP contribution in [0.3, 0.4) is 0 Å². The third kappa shape index (κ3) is 3.92. The quantitative estimate of drug-likeness (QED) is 0.780. The van der Waals surface area contributed by atoms with Crippen LogP contribution in [0, 0.1) is 19.8 Å². The highest BCUT2D eigenvalue weighted by Gasteiger charge is 2.18. The first-order chi connectivity index (χ1) is 9.44. The molecule has 0 unspecified atom stereocenters. The van der Waals surface area contributed by atoms with Crippen molar-refractivity contribution in [1.29, 1.82) is 0 Å². The van der Waals surface area contributed by atoms with E-state index < -0.39 is 0 Å². The zero-order valence-corrected chi connectivity index (χ0v) is 14.2. The summed E-state index contributed by atoms with van der Waals surface area (Å²) in [5.74, 6) is 0.697. The number of hydrogen-bond donors (Lipinski definition) is 1. The number of nitrogens with two attached hydrogens (primary N) is 1. The van der Waals surface area contributed by atoms with Crippen LogP contribution >= 0.6 is 12.2 Å². The third-order valence-electron chi connectivity index (χ3n) is 3.91. The minimum Gasteiger partial charge on any atom is -0.389 e. The Morgan fingerprint density at radius 2 is 1.90 bits per heavy atom. The largest absolute Gasteiger partial charge is 0.389 e. The van der Waals surface area contributed by atoms with Crippen LogP contribution in [-0.2, 0) is 0 Å². The van der Waals surface area contributed by atoms with E-state index in [-0.39, 0.29) is 0 Å². The normalized spacial score (nSPS) is 10.9. The van der Waals surface area contributed by atoms with Crippen LogP contribution in [-0.4, -0.2) is 23.1 Å². The topological polar surface area (TPSA) is 42.2 Å². The Kier molecular flexibility index (Phi) is 6.40. The Labute approximate surface area is 128 Å². The summed E-state index contributed by atoms with van der Waals surface area (Å²) in [5.41, 5.74) is 9.92. The van der Waals surface area contributed by atoms with Crippen molar-refractivity contribution in [2.75, 3.05) is 18.0 Å². The average molecular weight is 293 g/mol. The Morgan fingerprint density at radius 1 is 1.30 bits per heavy atom. The summed E-state index contributed by atoms with van der Waals surface area (Å²) in [6.07, 6.45) is 2.39. The second kappa shape index (κ2) is 7.58. The number of thiocarbonyl (C=S) groups is 1. The Bertz CT molecular complexity index is 467. The van der Waals surface area contributed by atoms with E-state index >= 15 is 0 Å². The molecule has 3 nitrogen and oxygen atoms in total. The second-order valence-electron chi connectivity index (χ2n) is 5.33. The summed E-state index contributed by atoms with van der Waals surface area (Å²) >= 11 is 5.23. The van der Waals surface area contributed by atoms with Gasteiger partial charge in [0.15, 0.2) is 0 Å². The fourth-order valence-corrected chi connectivity index (χ4v) is 2.87. The van der Waals surface area contributed by atoms with E-state index in [9.17, 15) is 0 Å². The number of nitrogens with zero attached hydrogens (tertiary/aromatic N) is 2. The number of rotatable bonds is 7. The first-order valence-electron chi connectivity index (χ1n) is 7.47.